The summed E-state index contributed by atoms with van der Waals surface area (Å²) in [4.78, 5) is 7.12. The van der Waals surface area contributed by atoms with Gasteiger partial charge in [-0.15, -0.1) is 0 Å². The van der Waals surface area contributed by atoms with Crippen LogP contribution in [0.25, 0.3) is 11.0 Å². The van der Waals surface area contributed by atoms with Crippen molar-refractivity contribution in [2.75, 3.05) is 6.26 Å². The molecule has 1 N–H and O–H groups in total. The van der Waals surface area contributed by atoms with Gasteiger partial charge in [0.15, 0.2) is 4.77 Å². The highest BCUT2D eigenvalue weighted by molar-refractivity contribution is 7.84. The molecule has 0 fully saturated rings. The Kier molecular flexibility index (Phi) is 3.20. The summed E-state index contributed by atoms with van der Waals surface area (Å²) < 4.78 is 14.0. The molecule has 0 aliphatic rings. The van der Waals surface area contributed by atoms with E-state index in [1.807, 2.05) is 17.6 Å². The highest BCUT2D eigenvalue weighted by Gasteiger charge is 2.10. The van der Waals surface area contributed by atoms with E-state index in [2.05, 4.69) is 9.97 Å². The molecule has 0 saturated carbocycles. The van der Waals surface area contributed by atoms with Crippen molar-refractivity contribution in [3.05, 3.63) is 23.2 Å². The minimum absolute atomic E-state index is 0.0823. The molecule has 0 aromatic carbocycles. The van der Waals surface area contributed by atoms with Gasteiger partial charge in [0, 0.05) is 35.0 Å². The quantitative estimate of drug-likeness (QED) is 0.852. The SMILES string of the molecule is CC(Cn1c(=S)[nH]c2cnccc21)S(C)=O. The van der Waals surface area contributed by atoms with Crippen LogP contribution in [0.5, 0.6) is 0 Å². The van der Waals surface area contributed by atoms with Crippen molar-refractivity contribution in [2.45, 2.75) is 18.7 Å². The normalized spacial score (nSPS) is 15.1. The number of hydrogen-bond acceptors (Lipinski definition) is 3. The van der Waals surface area contributed by atoms with Gasteiger partial charge >= 0.3 is 0 Å². The molecule has 0 bridgehead atoms. The largest absolute Gasteiger partial charge is 0.329 e. The lowest BCUT2D eigenvalue weighted by molar-refractivity contribution is 0.647. The zero-order chi connectivity index (χ0) is 11.7. The van der Waals surface area contributed by atoms with Crippen molar-refractivity contribution < 1.29 is 4.21 Å². The van der Waals surface area contributed by atoms with E-state index in [-0.39, 0.29) is 5.25 Å². The molecular formula is C10H13N3OS2. The van der Waals surface area contributed by atoms with E-state index < -0.39 is 10.8 Å². The molecule has 6 heteroatoms. The molecule has 4 nitrogen and oxygen atoms in total. The van der Waals surface area contributed by atoms with E-state index in [1.165, 1.54) is 0 Å². The van der Waals surface area contributed by atoms with E-state index in [0.717, 1.165) is 11.0 Å². The Hall–Kier alpha value is -1.01. The molecule has 86 valence electrons. The summed E-state index contributed by atoms with van der Waals surface area (Å²) in [6.07, 6.45) is 5.19. The first-order valence-corrected chi connectivity index (χ1v) is 6.97. The maximum Gasteiger partial charge on any atom is 0.178 e. The van der Waals surface area contributed by atoms with Gasteiger partial charge in [-0.3, -0.25) is 9.19 Å². The second-order valence-corrected chi connectivity index (χ2v) is 5.93. The van der Waals surface area contributed by atoms with E-state index in [9.17, 15) is 4.21 Å². The summed E-state index contributed by atoms with van der Waals surface area (Å²) in [7, 11) is -0.843. The predicted octanol–water partition coefficient (Wildman–Crippen LogP) is 1.86. The van der Waals surface area contributed by atoms with Crippen molar-refractivity contribution in [1.29, 1.82) is 0 Å². The van der Waals surface area contributed by atoms with Crippen LogP contribution in [0.1, 0.15) is 6.92 Å². The second-order valence-electron chi connectivity index (χ2n) is 3.74. The molecule has 2 atom stereocenters. The Labute approximate surface area is 101 Å². The van der Waals surface area contributed by atoms with Crippen LogP contribution in [-0.4, -0.2) is 30.2 Å². The van der Waals surface area contributed by atoms with E-state index in [4.69, 9.17) is 12.2 Å². The van der Waals surface area contributed by atoms with Gasteiger partial charge in [-0.25, -0.2) is 0 Å². The van der Waals surface area contributed by atoms with Gasteiger partial charge in [0.05, 0.1) is 17.2 Å². The molecular weight excluding hydrogens is 242 g/mol. The molecule has 0 aliphatic carbocycles. The first-order valence-electron chi connectivity index (χ1n) is 4.94. The van der Waals surface area contributed by atoms with Crippen LogP contribution in [0.15, 0.2) is 18.5 Å². The Morgan fingerprint density at radius 1 is 1.69 bits per heavy atom. The van der Waals surface area contributed by atoms with Crippen molar-refractivity contribution in [3.8, 4) is 0 Å². The number of imidazole rings is 1. The van der Waals surface area contributed by atoms with Crippen molar-refractivity contribution >= 4 is 34.1 Å². The lowest BCUT2D eigenvalue weighted by Gasteiger charge is -2.09. The van der Waals surface area contributed by atoms with Crippen LogP contribution >= 0.6 is 12.2 Å². The average molecular weight is 255 g/mol. The maximum atomic E-state index is 11.4. The number of H-pyrrole nitrogens is 1. The van der Waals surface area contributed by atoms with Crippen LogP contribution in [0, 0.1) is 4.77 Å². The van der Waals surface area contributed by atoms with Gasteiger partial charge in [0.25, 0.3) is 0 Å². The fourth-order valence-electron chi connectivity index (χ4n) is 1.55. The van der Waals surface area contributed by atoms with E-state index in [0.29, 0.717) is 11.3 Å². The van der Waals surface area contributed by atoms with Gasteiger partial charge in [-0.05, 0) is 25.2 Å². The summed E-state index contributed by atoms with van der Waals surface area (Å²) in [6, 6.07) is 1.91. The Bertz CT molecular complexity index is 587. The summed E-state index contributed by atoms with van der Waals surface area (Å²) in [5.41, 5.74) is 1.93. The van der Waals surface area contributed by atoms with Gasteiger partial charge in [0.2, 0.25) is 0 Å². The number of aromatic nitrogens is 3. The van der Waals surface area contributed by atoms with Crippen molar-refractivity contribution in [1.82, 2.24) is 14.5 Å². The molecule has 2 aromatic heterocycles. The number of nitrogens with zero attached hydrogens (tertiary/aromatic N) is 2. The summed E-state index contributed by atoms with van der Waals surface area (Å²) in [5, 5.41) is 0.0823. The number of rotatable bonds is 3. The van der Waals surface area contributed by atoms with Gasteiger partial charge in [0.1, 0.15) is 0 Å². The first kappa shape index (κ1) is 11.5. The minimum Gasteiger partial charge on any atom is -0.329 e. The molecule has 2 unspecified atom stereocenters. The summed E-state index contributed by atoms with van der Waals surface area (Å²) in [6.45, 7) is 2.61. The van der Waals surface area contributed by atoms with E-state index >= 15 is 0 Å². The maximum absolute atomic E-state index is 11.4. The lowest BCUT2D eigenvalue weighted by Crippen LogP contribution is -2.17. The number of fused-ring (bicyclic) bond motifs is 1. The van der Waals surface area contributed by atoms with Crippen LogP contribution in [-0.2, 0) is 17.3 Å². The average Bonchev–Trinajstić information content (AvgIpc) is 2.55. The Balaban J connectivity index is 2.48. The third kappa shape index (κ3) is 2.08. The zero-order valence-corrected chi connectivity index (χ0v) is 10.8. The monoisotopic (exact) mass is 255 g/mol. The highest BCUT2D eigenvalue weighted by atomic mass is 32.2. The Morgan fingerprint density at radius 3 is 3.12 bits per heavy atom. The predicted molar refractivity (Wildman–Crippen MR) is 68.4 cm³/mol. The second kappa shape index (κ2) is 4.47. The fourth-order valence-corrected chi connectivity index (χ4v) is 2.20. The summed E-state index contributed by atoms with van der Waals surface area (Å²) >= 11 is 5.24. The molecule has 2 aromatic rings. The fraction of sp³-hybridized carbons (Fsp3) is 0.400. The van der Waals surface area contributed by atoms with Crippen molar-refractivity contribution in [3.63, 3.8) is 0 Å². The number of nitrogens with one attached hydrogen (secondary N) is 1. The van der Waals surface area contributed by atoms with Crippen LogP contribution in [0.4, 0.5) is 0 Å². The lowest BCUT2D eigenvalue weighted by atomic mass is 10.4. The molecule has 0 amide bonds. The van der Waals surface area contributed by atoms with Crippen LogP contribution in [0.3, 0.4) is 0 Å². The molecule has 2 rings (SSSR count). The van der Waals surface area contributed by atoms with Gasteiger partial charge in [-0.2, -0.15) is 0 Å². The zero-order valence-electron chi connectivity index (χ0n) is 9.14. The Morgan fingerprint density at radius 2 is 2.44 bits per heavy atom. The third-order valence-corrected chi connectivity index (χ3v) is 4.19. The molecule has 0 radical (unpaired) electrons. The highest BCUT2D eigenvalue weighted by Crippen LogP contribution is 2.13. The summed E-state index contributed by atoms with van der Waals surface area (Å²) in [5.74, 6) is 0. The minimum atomic E-state index is -0.843. The van der Waals surface area contributed by atoms with Crippen LogP contribution in [0.2, 0.25) is 0 Å². The topological polar surface area (TPSA) is 50.7 Å². The molecule has 0 spiro atoms. The number of hydrogen-bond donors (Lipinski definition) is 1. The van der Waals surface area contributed by atoms with Crippen LogP contribution < -0.4 is 0 Å². The van der Waals surface area contributed by atoms with Gasteiger partial charge < -0.3 is 9.55 Å². The third-order valence-electron chi connectivity index (χ3n) is 2.58. The standard InChI is InChI=1S/C10H13N3OS2/c1-7(16(2)14)6-13-9-3-4-11-5-8(9)12-10(13)15/h3-5,7H,6H2,1-2H3,(H,12,15). The number of aromatic amines is 1. The number of pyridine rings is 1. The molecule has 0 aliphatic heterocycles. The first-order chi connectivity index (χ1) is 7.59. The van der Waals surface area contributed by atoms with Gasteiger partial charge in [-0.1, -0.05) is 0 Å². The molecule has 2 heterocycles. The van der Waals surface area contributed by atoms with Crippen molar-refractivity contribution in [2.24, 2.45) is 0 Å². The molecule has 16 heavy (non-hydrogen) atoms. The molecule has 0 saturated heterocycles. The smallest absolute Gasteiger partial charge is 0.178 e. The van der Waals surface area contributed by atoms with E-state index in [1.54, 1.807) is 18.6 Å².